The molecule has 0 aromatic rings. The Labute approximate surface area is 54.3 Å². The Balaban J connectivity index is 2.20. The molecule has 0 aliphatic heterocycles. The largest absolute Gasteiger partial charge is 0.251 e. The maximum atomic E-state index is 12.2. The van der Waals surface area contributed by atoms with E-state index in [0.717, 1.165) is 0 Å². The van der Waals surface area contributed by atoms with Gasteiger partial charge in [0.25, 0.3) is 5.92 Å². The highest BCUT2D eigenvalue weighted by atomic mass is 19.3. The van der Waals surface area contributed by atoms with E-state index in [0.29, 0.717) is 12.3 Å². The second-order valence-electron chi connectivity index (χ2n) is 3.29. The summed E-state index contributed by atoms with van der Waals surface area (Å²) in [5.74, 6) is -2.18. The van der Waals surface area contributed by atoms with Crippen molar-refractivity contribution in [1.29, 1.82) is 0 Å². The summed E-state index contributed by atoms with van der Waals surface area (Å²) < 4.78 is 24.3. The molecule has 1 fully saturated rings. The first-order chi connectivity index (χ1) is 4.02. The van der Waals surface area contributed by atoms with Crippen LogP contribution in [0.15, 0.2) is 0 Å². The zero-order valence-electron chi connectivity index (χ0n) is 5.82. The van der Waals surface area contributed by atoms with Crippen molar-refractivity contribution in [3.63, 3.8) is 0 Å². The Morgan fingerprint density at radius 1 is 1.56 bits per heavy atom. The van der Waals surface area contributed by atoms with Gasteiger partial charge in [0.1, 0.15) is 0 Å². The summed E-state index contributed by atoms with van der Waals surface area (Å²) in [5, 5.41) is 0. The number of hydrogen-bond acceptors (Lipinski definition) is 0. The Hall–Kier alpha value is -0.140. The highest BCUT2D eigenvalue weighted by molar-refractivity contribution is 4.94. The highest BCUT2D eigenvalue weighted by Gasteiger charge is 2.56. The lowest BCUT2D eigenvalue weighted by Gasteiger charge is -2.00. The fourth-order valence-electron chi connectivity index (χ4n) is 1.09. The SMILES string of the molecule is CC(C)C[C@H]1CC1(F)F. The predicted molar refractivity (Wildman–Crippen MR) is 32.5 cm³/mol. The van der Waals surface area contributed by atoms with E-state index in [9.17, 15) is 8.78 Å². The number of rotatable bonds is 2. The van der Waals surface area contributed by atoms with Crippen LogP contribution in [0, 0.1) is 11.8 Å². The van der Waals surface area contributed by atoms with E-state index in [-0.39, 0.29) is 12.3 Å². The number of halogens is 2. The maximum Gasteiger partial charge on any atom is 0.251 e. The molecule has 1 aliphatic rings. The molecule has 0 bridgehead atoms. The number of alkyl halides is 2. The van der Waals surface area contributed by atoms with Crippen LogP contribution in [-0.2, 0) is 0 Å². The van der Waals surface area contributed by atoms with Gasteiger partial charge >= 0.3 is 0 Å². The minimum absolute atomic E-state index is 0.130. The summed E-state index contributed by atoms with van der Waals surface area (Å²) in [5.41, 5.74) is 0. The average molecular weight is 134 g/mol. The van der Waals surface area contributed by atoms with Gasteiger partial charge in [-0.3, -0.25) is 0 Å². The van der Waals surface area contributed by atoms with Crippen LogP contribution in [-0.4, -0.2) is 5.92 Å². The van der Waals surface area contributed by atoms with Crippen molar-refractivity contribution in [2.75, 3.05) is 0 Å². The van der Waals surface area contributed by atoms with Gasteiger partial charge in [0.2, 0.25) is 0 Å². The van der Waals surface area contributed by atoms with Crippen molar-refractivity contribution in [3.8, 4) is 0 Å². The summed E-state index contributed by atoms with van der Waals surface area (Å²) in [4.78, 5) is 0. The van der Waals surface area contributed by atoms with Crippen molar-refractivity contribution in [2.24, 2.45) is 11.8 Å². The van der Waals surface area contributed by atoms with Gasteiger partial charge in [-0.25, -0.2) is 8.78 Å². The summed E-state index contributed by atoms with van der Waals surface area (Å²) in [6.07, 6.45) is 0.818. The molecule has 0 amide bonds. The molecule has 0 nitrogen and oxygen atoms in total. The summed E-state index contributed by atoms with van der Waals surface area (Å²) >= 11 is 0. The molecule has 1 saturated carbocycles. The molecule has 1 atom stereocenters. The van der Waals surface area contributed by atoms with E-state index in [2.05, 4.69) is 0 Å². The molecule has 2 heteroatoms. The predicted octanol–water partition coefficient (Wildman–Crippen LogP) is 2.69. The summed E-state index contributed by atoms with van der Waals surface area (Å²) in [6.45, 7) is 3.96. The lowest BCUT2D eigenvalue weighted by molar-refractivity contribution is 0.0941. The van der Waals surface area contributed by atoms with Crippen LogP contribution in [0.2, 0.25) is 0 Å². The Morgan fingerprint density at radius 3 is 2.11 bits per heavy atom. The second-order valence-corrected chi connectivity index (χ2v) is 3.29. The van der Waals surface area contributed by atoms with Crippen LogP contribution in [0.4, 0.5) is 8.78 Å². The van der Waals surface area contributed by atoms with E-state index in [1.807, 2.05) is 13.8 Å². The first-order valence-corrected chi connectivity index (χ1v) is 3.40. The molecular weight excluding hydrogens is 122 g/mol. The van der Waals surface area contributed by atoms with Crippen LogP contribution in [0.5, 0.6) is 0 Å². The van der Waals surface area contributed by atoms with Gasteiger partial charge < -0.3 is 0 Å². The third kappa shape index (κ3) is 1.63. The minimum Gasteiger partial charge on any atom is -0.207 e. The van der Waals surface area contributed by atoms with Crippen LogP contribution in [0.25, 0.3) is 0 Å². The summed E-state index contributed by atoms with van der Waals surface area (Å²) in [7, 11) is 0. The van der Waals surface area contributed by atoms with Gasteiger partial charge in [0.05, 0.1) is 0 Å². The van der Waals surface area contributed by atoms with Crippen LogP contribution < -0.4 is 0 Å². The fourth-order valence-corrected chi connectivity index (χ4v) is 1.09. The molecule has 0 aromatic heterocycles. The molecule has 54 valence electrons. The first kappa shape index (κ1) is 6.97. The minimum atomic E-state index is -2.30. The molecule has 0 aromatic carbocycles. The Bertz CT molecular complexity index is 107. The topological polar surface area (TPSA) is 0 Å². The van der Waals surface area contributed by atoms with Crippen LogP contribution in [0.1, 0.15) is 26.7 Å². The molecular formula is C7H12F2. The van der Waals surface area contributed by atoms with Gasteiger partial charge in [0, 0.05) is 12.3 Å². The maximum absolute atomic E-state index is 12.2. The molecule has 0 radical (unpaired) electrons. The highest BCUT2D eigenvalue weighted by Crippen LogP contribution is 2.51. The standard InChI is InChI=1S/C7H12F2/c1-5(2)3-6-4-7(6,8)9/h5-6H,3-4H2,1-2H3/t6-/m0/s1. The van der Waals surface area contributed by atoms with Gasteiger partial charge in [-0.1, -0.05) is 13.8 Å². The van der Waals surface area contributed by atoms with Crippen LogP contribution >= 0.6 is 0 Å². The van der Waals surface area contributed by atoms with E-state index in [1.165, 1.54) is 0 Å². The quantitative estimate of drug-likeness (QED) is 0.544. The van der Waals surface area contributed by atoms with Crippen molar-refractivity contribution in [3.05, 3.63) is 0 Å². The van der Waals surface area contributed by atoms with Crippen molar-refractivity contribution in [1.82, 2.24) is 0 Å². The zero-order chi connectivity index (χ0) is 7.07. The van der Waals surface area contributed by atoms with Crippen molar-refractivity contribution in [2.45, 2.75) is 32.6 Å². The smallest absolute Gasteiger partial charge is 0.207 e. The normalized spacial score (nSPS) is 31.0. The van der Waals surface area contributed by atoms with Gasteiger partial charge in [-0.2, -0.15) is 0 Å². The third-order valence-corrected chi connectivity index (χ3v) is 1.71. The zero-order valence-corrected chi connectivity index (χ0v) is 5.82. The van der Waals surface area contributed by atoms with E-state index in [4.69, 9.17) is 0 Å². The van der Waals surface area contributed by atoms with E-state index in [1.54, 1.807) is 0 Å². The molecule has 9 heavy (non-hydrogen) atoms. The van der Waals surface area contributed by atoms with Crippen LogP contribution in [0.3, 0.4) is 0 Å². The summed E-state index contributed by atoms with van der Waals surface area (Å²) in [6, 6.07) is 0. The Morgan fingerprint density at radius 2 is 2.00 bits per heavy atom. The molecule has 1 rings (SSSR count). The van der Waals surface area contributed by atoms with Gasteiger partial charge in [-0.15, -0.1) is 0 Å². The third-order valence-electron chi connectivity index (χ3n) is 1.71. The van der Waals surface area contributed by atoms with Gasteiger partial charge in [0.15, 0.2) is 0 Å². The van der Waals surface area contributed by atoms with E-state index >= 15 is 0 Å². The second kappa shape index (κ2) is 1.93. The Kier molecular flexibility index (Phi) is 1.49. The van der Waals surface area contributed by atoms with Crippen molar-refractivity contribution >= 4 is 0 Å². The monoisotopic (exact) mass is 134 g/mol. The average Bonchev–Trinajstić information content (AvgIpc) is 2.10. The lowest BCUT2D eigenvalue weighted by atomic mass is 10.1. The first-order valence-electron chi connectivity index (χ1n) is 3.40. The number of hydrogen-bond donors (Lipinski definition) is 0. The molecule has 0 N–H and O–H groups in total. The van der Waals surface area contributed by atoms with Gasteiger partial charge in [-0.05, 0) is 12.3 Å². The lowest BCUT2D eigenvalue weighted by Crippen LogP contribution is -1.97. The molecule has 0 saturated heterocycles. The van der Waals surface area contributed by atoms with Crippen molar-refractivity contribution < 1.29 is 8.78 Å². The fraction of sp³-hybridized carbons (Fsp3) is 1.00. The van der Waals surface area contributed by atoms with E-state index < -0.39 is 5.92 Å². The molecule has 1 aliphatic carbocycles. The molecule has 0 unspecified atom stereocenters. The molecule has 0 heterocycles. The molecule has 0 spiro atoms.